The Morgan fingerprint density at radius 3 is 2.71 bits per heavy atom. The Labute approximate surface area is 101 Å². The van der Waals surface area contributed by atoms with E-state index in [1.165, 1.54) is 12.1 Å². The first-order valence-corrected chi connectivity index (χ1v) is 5.78. The average Bonchev–Trinajstić information content (AvgIpc) is 2.29. The van der Waals surface area contributed by atoms with Gasteiger partial charge >= 0.3 is 5.97 Å². The zero-order valence-corrected chi connectivity index (χ0v) is 9.93. The van der Waals surface area contributed by atoms with Crippen molar-refractivity contribution in [2.24, 2.45) is 0 Å². The number of benzene rings is 1. The van der Waals surface area contributed by atoms with Crippen LogP contribution in [0.4, 0.5) is 0 Å². The number of carbonyl (C=O) groups is 1. The van der Waals surface area contributed by atoms with Gasteiger partial charge in [0.05, 0.1) is 12.7 Å². The highest BCUT2D eigenvalue weighted by molar-refractivity contribution is 5.92. The fraction of sp³-hybridized carbons (Fsp3) is 0.462. The standard InChI is InChI=1S/C13H18O4/c1-2-5-10(14)8-9-17-13(16)11-6-3-4-7-12(11)15/h3-4,6-7,10,14-15H,2,5,8-9H2,1H3. The molecule has 0 aliphatic heterocycles. The number of carbonyl (C=O) groups excluding carboxylic acids is 1. The maximum Gasteiger partial charge on any atom is 0.341 e. The molecule has 1 rings (SSSR count). The van der Waals surface area contributed by atoms with Gasteiger partial charge in [0.15, 0.2) is 0 Å². The number of rotatable bonds is 6. The number of phenolic OH excluding ortho intramolecular Hbond substituents is 1. The van der Waals surface area contributed by atoms with Gasteiger partial charge in [-0.25, -0.2) is 4.79 Å². The van der Waals surface area contributed by atoms with Crippen LogP contribution in [0.25, 0.3) is 0 Å². The highest BCUT2D eigenvalue weighted by Gasteiger charge is 2.12. The molecule has 1 aromatic carbocycles. The molecule has 1 atom stereocenters. The summed E-state index contributed by atoms with van der Waals surface area (Å²) in [5.74, 6) is -0.654. The summed E-state index contributed by atoms with van der Waals surface area (Å²) in [4.78, 5) is 11.5. The third-order valence-electron chi connectivity index (χ3n) is 2.43. The quantitative estimate of drug-likeness (QED) is 0.745. The molecule has 4 nitrogen and oxygen atoms in total. The van der Waals surface area contributed by atoms with Crippen LogP contribution in [0.3, 0.4) is 0 Å². The summed E-state index contributed by atoms with van der Waals surface area (Å²) in [6.07, 6.45) is 1.59. The van der Waals surface area contributed by atoms with Crippen molar-refractivity contribution in [3.63, 3.8) is 0 Å². The molecule has 0 amide bonds. The first-order chi connectivity index (χ1) is 8.15. The second-order valence-corrected chi connectivity index (χ2v) is 3.88. The Morgan fingerprint density at radius 1 is 1.35 bits per heavy atom. The third kappa shape index (κ3) is 4.44. The van der Waals surface area contributed by atoms with Crippen molar-refractivity contribution in [2.45, 2.75) is 32.3 Å². The van der Waals surface area contributed by atoms with Crippen LogP contribution in [0.1, 0.15) is 36.5 Å². The van der Waals surface area contributed by atoms with Crippen molar-refractivity contribution in [1.82, 2.24) is 0 Å². The molecule has 0 saturated heterocycles. The predicted molar refractivity (Wildman–Crippen MR) is 63.9 cm³/mol. The molecule has 0 fully saturated rings. The second kappa shape index (κ2) is 6.91. The molecular formula is C13H18O4. The number of esters is 1. The van der Waals surface area contributed by atoms with Crippen molar-refractivity contribution < 1.29 is 19.7 Å². The molecular weight excluding hydrogens is 220 g/mol. The molecule has 0 aliphatic carbocycles. The number of hydrogen-bond acceptors (Lipinski definition) is 4. The largest absolute Gasteiger partial charge is 0.507 e. The number of aliphatic hydroxyl groups is 1. The second-order valence-electron chi connectivity index (χ2n) is 3.88. The molecule has 94 valence electrons. The van der Waals surface area contributed by atoms with Gasteiger partial charge in [0.25, 0.3) is 0 Å². The van der Waals surface area contributed by atoms with Crippen molar-refractivity contribution in [1.29, 1.82) is 0 Å². The highest BCUT2D eigenvalue weighted by atomic mass is 16.5. The molecule has 4 heteroatoms. The first-order valence-electron chi connectivity index (χ1n) is 5.78. The monoisotopic (exact) mass is 238 g/mol. The number of hydrogen-bond donors (Lipinski definition) is 2. The van der Waals surface area contributed by atoms with E-state index in [4.69, 9.17) is 4.74 Å². The molecule has 17 heavy (non-hydrogen) atoms. The highest BCUT2D eigenvalue weighted by Crippen LogP contribution is 2.16. The van der Waals surface area contributed by atoms with Gasteiger partial charge in [-0.05, 0) is 18.6 Å². The Bertz CT molecular complexity index is 362. The van der Waals surface area contributed by atoms with Crippen LogP contribution in [0.2, 0.25) is 0 Å². The number of para-hydroxylation sites is 1. The van der Waals surface area contributed by atoms with Crippen LogP contribution >= 0.6 is 0 Å². The molecule has 2 N–H and O–H groups in total. The van der Waals surface area contributed by atoms with E-state index in [1.807, 2.05) is 6.92 Å². The maximum absolute atomic E-state index is 11.5. The van der Waals surface area contributed by atoms with Crippen LogP contribution in [0, 0.1) is 0 Å². The van der Waals surface area contributed by atoms with Crippen molar-refractivity contribution in [2.75, 3.05) is 6.61 Å². The Balaban J connectivity index is 2.38. The first kappa shape index (κ1) is 13.5. The van der Waals surface area contributed by atoms with Crippen LogP contribution in [0.5, 0.6) is 5.75 Å². The number of phenols is 1. The van der Waals surface area contributed by atoms with Gasteiger partial charge in [-0.3, -0.25) is 0 Å². The van der Waals surface area contributed by atoms with Crippen molar-refractivity contribution >= 4 is 5.97 Å². The normalized spacial score (nSPS) is 12.1. The van der Waals surface area contributed by atoms with Gasteiger partial charge < -0.3 is 14.9 Å². The molecule has 0 radical (unpaired) electrons. The fourth-order valence-corrected chi connectivity index (χ4v) is 1.49. The number of aliphatic hydroxyl groups excluding tert-OH is 1. The lowest BCUT2D eigenvalue weighted by Gasteiger charge is -2.10. The molecule has 0 aromatic heterocycles. The van der Waals surface area contributed by atoms with Gasteiger partial charge in [-0.15, -0.1) is 0 Å². The lowest BCUT2D eigenvalue weighted by atomic mass is 10.1. The molecule has 0 spiro atoms. The minimum absolute atomic E-state index is 0.0911. The summed E-state index contributed by atoms with van der Waals surface area (Å²) >= 11 is 0. The van der Waals surface area contributed by atoms with E-state index in [1.54, 1.807) is 12.1 Å². The Hall–Kier alpha value is -1.55. The molecule has 0 saturated carbocycles. The Kier molecular flexibility index (Phi) is 5.49. The summed E-state index contributed by atoms with van der Waals surface area (Å²) in [6, 6.07) is 6.22. The van der Waals surface area contributed by atoms with E-state index >= 15 is 0 Å². The molecule has 0 bridgehead atoms. The van der Waals surface area contributed by atoms with Crippen LogP contribution < -0.4 is 0 Å². The molecule has 0 heterocycles. The summed E-state index contributed by atoms with van der Waals surface area (Å²) in [5.41, 5.74) is 0.150. The molecule has 0 aliphatic rings. The zero-order valence-electron chi connectivity index (χ0n) is 9.93. The number of ether oxygens (including phenoxy) is 1. The van der Waals surface area contributed by atoms with Crippen LogP contribution in [-0.4, -0.2) is 28.9 Å². The van der Waals surface area contributed by atoms with Crippen LogP contribution in [0.15, 0.2) is 24.3 Å². The Morgan fingerprint density at radius 2 is 2.06 bits per heavy atom. The lowest BCUT2D eigenvalue weighted by Crippen LogP contribution is -2.13. The van der Waals surface area contributed by atoms with Gasteiger partial charge in [-0.1, -0.05) is 25.5 Å². The fourth-order valence-electron chi connectivity index (χ4n) is 1.49. The lowest BCUT2D eigenvalue weighted by molar-refractivity contribution is 0.0421. The number of aromatic hydroxyl groups is 1. The van der Waals surface area contributed by atoms with E-state index < -0.39 is 12.1 Å². The molecule has 1 unspecified atom stereocenters. The van der Waals surface area contributed by atoms with E-state index in [9.17, 15) is 15.0 Å². The third-order valence-corrected chi connectivity index (χ3v) is 2.43. The zero-order chi connectivity index (χ0) is 12.7. The minimum Gasteiger partial charge on any atom is -0.507 e. The van der Waals surface area contributed by atoms with Gasteiger partial charge in [0.2, 0.25) is 0 Å². The predicted octanol–water partition coefficient (Wildman–Crippen LogP) is 2.10. The van der Waals surface area contributed by atoms with Crippen molar-refractivity contribution in [3.8, 4) is 5.75 Å². The maximum atomic E-state index is 11.5. The SMILES string of the molecule is CCCC(O)CCOC(=O)c1ccccc1O. The summed E-state index contributed by atoms with van der Waals surface area (Å²) in [5, 5.41) is 18.9. The van der Waals surface area contributed by atoms with Crippen molar-refractivity contribution in [3.05, 3.63) is 29.8 Å². The van der Waals surface area contributed by atoms with Gasteiger partial charge in [-0.2, -0.15) is 0 Å². The average molecular weight is 238 g/mol. The molecule has 1 aromatic rings. The smallest absolute Gasteiger partial charge is 0.341 e. The summed E-state index contributed by atoms with van der Waals surface area (Å²) in [7, 11) is 0. The van der Waals surface area contributed by atoms with Crippen LogP contribution in [-0.2, 0) is 4.74 Å². The minimum atomic E-state index is -0.563. The topological polar surface area (TPSA) is 66.8 Å². The van der Waals surface area contributed by atoms with E-state index in [2.05, 4.69) is 0 Å². The summed E-state index contributed by atoms with van der Waals surface area (Å²) < 4.78 is 4.97. The van der Waals surface area contributed by atoms with Gasteiger partial charge in [0, 0.05) is 6.42 Å². The van der Waals surface area contributed by atoms with E-state index in [-0.39, 0.29) is 17.9 Å². The van der Waals surface area contributed by atoms with E-state index in [0.29, 0.717) is 12.8 Å². The summed E-state index contributed by atoms with van der Waals surface area (Å²) in [6.45, 7) is 2.14. The van der Waals surface area contributed by atoms with E-state index in [0.717, 1.165) is 6.42 Å². The van der Waals surface area contributed by atoms with Gasteiger partial charge in [0.1, 0.15) is 11.3 Å².